The van der Waals surface area contributed by atoms with Gasteiger partial charge in [0.2, 0.25) is 5.91 Å². The fourth-order valence-electron chi connectivity index (χ4n) is 3.90. The molecule has 9 heteroatoms. The van der Waals surface area contributed by atoms with E-state index >= 15 is 0 Å². The van der Waals surface area contributed by atoms with E-state index in [4.69, 9.17) is 0 Å². The average Bonchev–Trinajstić information content (AvgIpc) is 3.34. The predicted octanol–water partition coefficient (Wildman–Crippen LogP) is 4.43. The van der Waals surface area contributed by atoms with Gasteiger partial charge in [-0.05, 0) is 48.1 Å². The fraction of sp³-hybridized carbons (Fsp3) is 0.269. The molecule has 0 saturated carbocycles. The number of nitrogens with zero attached hydrogens (tertiary/aromatic N) is 2. The quantitative estimate of drug-likeness (QED) is 0.330. The number of hydrogen-bond donors (Lipinski definition) is 1. The summed E-state index contributed by atoms with van der Waals surface area (Å²) in [4.78, 5) is 38.1. The van der Waals surface area contributed by atoms with Crippen molar-refractivity contribution in [1.29, 1.82) is 0 Å². The number of aromatic nitrogens is 2. The summed E-state index contributed by atoms with van der Waals surface area (Å²) in [6.07, 6.45) is 2.13. The highest BCUT2D eigenvalue weighted by Gasteiger charge is 2.15. The Morgan fingerprint density at radius 1 is 0.914 bits per heavy atom. The Morgan fingerprint density at radius 3 is 2.46 bits per heavy atom. The fourth-order valence-corrected chi connectivity index (χ4v) is 4.75. The van der Waals surface area contributed by atoms with Crippen LogP contribution >= 0.6 is 11.3 Å². The summed E-state index contributed by atoms with van der Waals surface area (Å²) in [5, 5.41) is 4.55. The lowest BCUT2D eigenvalue weighted by Gasteiger charge is -2.13. The van der Waals surface area contributed by atoms with E-state index in [1.165, 1.54) is 38.7 Å². The van der Waals surface area contributed by atoms with Crippen molar-refractivity contribution < 1.29 is 13.6 Å². The smallest absolute Gasteiger partial charge is 0.331 e. The van der Waals surface area contributed by atoms with Crippen LogP contribution in [0.1, 0.15) is 36.8 Å². The Hall–Kier alpha value is -3.59. The normalized spacial score (nSPS) is 11.1. The molecule has 0 spiro atoms. The van der Waals surface area contributed by atoms with Crippen LogP contribution in [0.2, 0.25) is 0 Å². The third-order valence-corrected chi connectivity index (χ3v) is 6.70. The average molecular weight is 498 g/mol. The van der Waals surface area contributed by atoms with Gasteiger partial charge >= 0.3 is 5.69 Å². The lowest BCUT2D eigenvalue weighted by atomic mass is 10.1. The van der Waals surface area contributed by atoms with Gasteiger partial charge in [0.05, 0.1) is 12.1 Å². The molecule has 2 heterocycles. The van der Waals surface area contributed by atoms with Gasteiger partial charge in [-0.2, -0.15) is 0 Å². The number of rotatable bonds is 10. The van der Waals surface area contributed by atoms with E-state index in [0.29, 0.717) is 48.0 Å². The molecule has 0 unspecified atom stereocenters. The van der Waals surface area contributed by atoms with Crippen LogP contribution in [-0.2, 0) is 24.4 Å². The Morgan fingerprint density at radius 2 is 1.69 bits per heavy atom. The molecule has 0 saturated heterocycles. The zero-order valence-electron chi connectivity index (χ0n) is 19.0. The van der Waals surface area contributed by atoms with E-state index in [1.807, 2.05) is 0 Å². The second-order valence-electron chi connectivity index (χ2n) is 8.27. The van der Waals surface area contributed by atoms with Gasteiger partial charge in [0.25, 0.3) is 5.56 Å². The van der Waals surface area contributed by atoms with E-state index in [1.54, 1.807) is 41.8 Å². The molecular weight excluding hydrogens is 472 g/mol. The SMILES string of the molecule is O=C(CCCCCn1c(=O)c2sccc2n(Cc2ccccc2F)c1=O)NCc1ccc(F)cc1. The Bertz CT molecular complexity index is 1440. The van der Waals surface area contributed by atoms with Crippen LogP contribution in [0, 0.1) is 11.6 Å². The zero-order chi connectivity index (χ0) is 24.8. The lowest BCUT2D eigenvalue weighted by Crippen LogP contribution is -2.40. The first-order chi connectivity index (χ1) is 16.9. The monoisotopic (exact) mass is 497 g/mol. The number of carbonyl (C=O) groups excluding carboxylic acids is 1. The van der Waals surface area contributed by atoms with Crippen molar-refractivity contribution >= 4 is 27.5 Å². The van der Waals surface area contributed by atoms with Crippen molar-refractivity contribution in [1.82, 2.24) is 14.5 Å². The number of thiophene rings is 1. The number of fused-ring (bicyclic) bond motifs is 1. The summed E-state index contributed by atoms with van der Waals surface area (Å²) in [6, 6.07) is 13.9. The minimum atomic E-state index is -0.471. The molecule has 2 aromatic carbocycles. The molecule has 4 aromatic rings. The van der Waals surface area contributed by atoms with Gasteiger partial charge in [-0.3, -0.25) is 18.7 Å². The van der Waals surface area contributed by atoms with Crippen molar-refractivity contribution in [3.63, 3.8) is 0 Å². The second-order valence-corrected chi connectivity index (χ2v) is 9.18. The summed E-state index contributed by atoms with van der Waals surface area (Å²) < 4.78 is 30.3. The molecule has 182 valence electrons. The molecular formula is C26H25F2N3O3S. The number of unbranched alkanes of at least 4 members (excludes halogenated alkanes) is 2. The van der Waals surface area contributed by atoms with E-state index in [0.717, 1.165) is 5.56 Å². The first-order valence-corrected chi connectivity index (χ1v) is 12.3. The van der Waals surface area contributed by atoms with Crippen LogP contribution in [0.4, 0.5) is 8.78 Å². The Kier molecular flexibility index (Phi) is 7.87. The van der Waals surface area contributed by atoms with Crippen LogP contribution in [-0.4, -0.2) is 15.0 Å². The van der Waals surface area contributed by atoms with Crippen molar-refractivity contribution in [3.8, 4) is 0 Å². The second kappa shape index (κ2) is 11.2. The third kappa shape index (κ3) is 5.92. The third-order valence-electron chi connectivity index (χ3n) is 5.81. The van der Waals surface area contributed by atoms with Gasteiger partial charge in [0.15, 0.2) is 0 Å². The number of hydrogen-bond acceptors (Lipinski definition) is 4. The van der Waals surface area contributed by atoms with Crippen LogP contribution in [0.3, 0.4) is 0 Å². The molecule has 0 fully saturated rings. The molecule has 2 aromatic heterocycles. The number of nitrogens with one attached hydrogen (secondary N) is 1. The first-order valence-electron chi connectivity index (χ1n) is 11.4. The van der Waals surface area contributed by atoms with Crippen LogP contribution in [0.5, 0.6) is 0 Å². The maximum absolute atomic E-state index is 14.2. The molecule has 0 aliphatic rings. The topological polar surface area (TPSA) is 73.1 Å². The van der Waals surface area contributed by atoms with Crippen LogP contribution in [0.15, 0.2) is 69.6 Å². The summed E-state index contributed by atoms with van der Waals surface area (Å²) in [6.45, 7) is 0.587. The molecule has 1 N–H and O–H groups in total. The molecule has 4 rings (SSSR count). The molecule has 0 bridgehead atoms. The maximum Gasteiger partial charge on any atom is 0.331 e. The van der Waals surface area contributed by atoms with E-state index in [-0.39, 0.29) is 30.4 Å². The van der Waals surface area contributed by atoms with Gasteiger partial charge in [-0.1, -0.05) is 36.8 Å². The number of halogens is 2. The van der Waals surface area contributed by atoms with Crippen molar-refractivity contribution in [3.05, 3.63) is 104 Å². The van der Waals surface area contributed by atoms with Gasteiger partial charge in [0, 0.05) is 25.1 Å². The van der Waals surface area contributed by atoms with Crippen LogP contribution in [0.25, 0.3) is 10.2 Å². The van der Waals surface area contributed by atoms with E-state index in [2.05, 4.69) is 5.32 Å². The Balaban J connectivity index is 1.35. The highest BCUT2D eigenvalue weighted by atomic mass is 32.1. The molecule has 35 heavy (non-hydrogen) atoms. The Labute approximate surface area is 204 Å². The standard InChI is InChI=1S/C26H25F2N3O3S/c27-20-11-9-18(10-12-20)16-29-23(32)8-2-1-5-14-30-25(33)24-22(13-15-35-24)31(26(30)34)17-19-6-3-4-7-21(19)28/h3-4,6-7,9-13,15H,1-2,5,8,14,16-17H2,(H,29,32). The van der Waals surface area contributed by atoms with Gasteiger partial charge in [-0.15, -0.1) is 11.3 Å². The van der Waals surface area contributed by atoms with E-state index in [9.17, 15) is 23.2 Å². The lowest BCUT2D eigenvalue weighted by molar-refractivity contribution is -0.121. The van der Waals surface area contributed by atoms with Gasteiger partial charge in [-0.25, -0.2) is 13.6 Å². The molecule has 0 radical (unpaired) electrons. The molecule has 1 amide bonds. The van der Waals surface area contributed by atoms with Crippen molar-refractivity contribution in [2.24, 2.45) is 0 Å². The van der Waals surface area contributed by atoms with E-state index < -0.39 is 11.5 Å². The van der Waals surface area contributed by atoms with Gasteiger partial charge in [0.1, 0.15) is 16.3 Å². The highest BCUT2D eigenvalue weighted by molar-refractivity contribution is 7.17. The minimum absolute atomic E-state index is 0.0350. The predicted molar refractivity (Wildman–Crippen MR) is 133 cm³/mol. The number of amides is 1. The van der Waals surface area contributed by atoms with Crippen molar-refractivity contribution in [2.75, 3.05) is 0 Å². The first kappa shape index (κ1) is 24.5. The largest absolute Gasteiger partial charge is 0.352 e. The zero-order valence-corrected chi connectivity index (χ0v) is 19.8. The molecule has 0 aliphatic heterocycles. The highest BCUT2D eigenvalue weighted by Crippen LogP contribution is 2.17. The number of benzene rings is 2. The summed E-state index contributed by atoms with van der Waals surface area (Å²) >= 11 is 1.26. The maximum atomic E-state index is 14.2. The van der Waals surface area contributed by atoms with Crippen LogP contribution < -0.4 is 16.6 Å². The molecule has 6 nitrogen and oxygen atoms in total. The summed E-state index contributed by atoms with van der Waals surface area (Å²) in [5.41, 5.74) is 0.874. The minimum Gasteiger partial charge on any atom is -0.352 e. The summed E-state index contributed by atoms with van der Waals surface area (Å²) in [5.74, 6) is -0.839. The van der Waals surface area contributed by atoms with Crippen molar-refractivity contribution in [2.45, 2.75) is 45.3 Å². The number of carbonyl (C=O) groups is 1. The molecule has 0 aliphatic carbocycles. The van der Waals surface area contributed by atoms with Gasteiger partial charge < -0.3 is 5.32 Å². The summed E-state index contributed by atoms with van der Waals surface area (Å²) in [7, 11) is 0. The molecule has 0 atom stereocenters.